The van der Waals surface area contributed by atoms with E-state index in [-0.39, 0.29) is 12.5 Å². The highest BCUT2D eigenvalue weighted by Gasteiger charge is 2.27. The maximum absolute atomic E-state index is 12.4. The van der Waals surface area contributed by atoms with Gasteiger partial charge in [0.1, 0.15) is 10.8 Å². The smallest absolute Gasteiger partial charge is 0.262 e. The van der Waals surface area contributed by atoms with Crippen LogP contribution in [0.1, 0.15) is 65.9 Å². The Morgan fingerprint density at radius 3 is 2.68 bits per heavy atom. The van der Waals surface area contributed by atoms with Gasteiger partial charge in [-0.2, -0.15) is 0 Å². The number of fused-ring (bicyclic) bond motifs is 1. The van der Waals surface area contributed by atoms with E-state index in [2.05, 4.69) is 26.1 Å². The second kappa shape index (κ2) is 8.78. The summed E-state index contributed by atoms with van der Waals surface area (Å²) in [6, 6.07) is 7.83. The first-order valence-electron chi connectivity index (χ1n) is 9.86. The largest absolute Gasteiger partial charge is 0.484 e. The van der Waals surface area contributed by atoms with Crippen molar-refractivity contribution in [3.05, 3.63) is 45.8 Å². The zero-order valence-electron chi connectivity index (χ0n) is 16.7. The number of ether oxygens (including phenoxy) is 1. The van der Waals surface area contributed by atoms with E-state index in [1.807, 2.05) is 24.3 Å². The van der Waals surface area contributed by atoms with Crippen molar-refractivity contribution in [1.29, 1.82) is 0 Å². The number of thiophene rings is 1. The lowest BCUT2D eigenvalue weighted by Gasteiger charge is -2.18. The third-order valence-electron chi connectivity index (χ3n) is 5.44. The van der Waals surface area contributed by atoms with Crippen LogP contribution in [0, 0.1) is 5.92 Å². The molecule has 0 radical (unpaired) electrons. The summed E-state index contributed by atoms with van der Waals surface area (Å²) >= 11 is 1.46. The molecule has 0 fully saturated rings. The van der Waals surface area contributed by atoms with Gasteiger partial charge in [-0.3, -0.25) is 9.59 Å². The van der Waals surface area contributed by atoms with Gasteiger partial charge in [0.2, 0.25) is 0 Å². The number of amides is 2. The first-order chi connectivity index (χ1) is 13.4. The van der Waals surface area contributed by atoms with Gasteiger partial charge in [-0.15, -0.1) is 11.3 Å². The molecule has 0 aliphatic heterocycles. The number of benzene rings is 1. The minimum Gasteiger partial charge on any atom is -0.484 e. The summed E-state index contributed by atoms with van der Waals surface area (Å²) in [7, 11) is 0. The van der Waals surface area contributed by atoms with Crippen molar-refractivity contribution in [2.75, 3.05) is 11.9 Å². The number of anilines is 1. The molecule has 2 aromatic rings. The van der Waals surface area contributed by atoms with Gasteiger partial charge in [0.25, 0.3) is 11.8 Å². The maximum atomic E-state index is 12.4. The van der Waals surface area contributed by atoms with Crippen molar-refractivity contribution in [1.82, 2.24) is 0 Å². The van der Waals surface area contributed by atoms with Crippen LogP contribution >= 0.6 is 11.3 Å². The van der Waals surface area contributed by atoms with Gasteiger partial charge in [0, 0.05) is 4.88 Å². The molecule has 1 aromatic heterocycles. The molecule has 1 aliphatic rings. The average Bonchev–Trinajstić information content (AvgIpc) is 3.03. The molecule has 0 unspecified atom stereocenters. The SMILES string of the molecule is CC[C@H](C)c1ccc(OCC(=O)Nc2sc3c(c2C(N)=O)CC[C@@H](C)C3)cc1. The Hall–Kier alpha value is -2.34. The lowest BCUT2D eigenvalue weighted by atomic mass is 9.88. The molecule has 28 heavy (non-hydrogen) atoms. The molecule has 150 valence electrons. The minimum absolute atomic E-state index is 0.111. The van der Waals surface area contributed by atoms with Gasteiger partial charge in [-0.05, 0) is 60.8 Å². The van der Waals surface area contributed by atoms with Crippen LogP contribution in [0.2, 0.25) is 0 Å². The summed E-state index contributed by atoms with van der Waals surface area (Å²) in [5.74, 6) is 0.954. The Morgan fingerprint density at radius 2 is 2.04 bits per heavy atom. The highest BCUT2D eigenvalue weighted by molar-refractivity contribution is 7.17. The van der Waals surface area contributed by atoms with E-state index >= 15 is 0 Å². The molecule has 2 amide bonds. The highest BCUT2D eigenvalue weighted by Crippen LogP contribution is 2.39. The monoisotopic (exact) mass is 400 g/mol. The van der Waals surface area contributed by atoms with Gasteiger partial charge >= 0.3 is 0 Å². The molecule has 0 bridgehead atoms. The van der Waals surface area contributed by atoms with Crippen molar-refractivity contribution >= 4 is 28.2 Å². The van der Waals surface area contributed by atoms with Crippen LogP contribution in [-0.2, 0) is 17.6 Å². The standard InChI is InChI=1S/C22H28N2O3S/c1-4-14(3)15-6-8-16(9-7-15)27-12-19(25)24-22-20(21(23)26)17-10-5-13(2)11-18(17)28-22/h6-9,13-14H,4-5,10-12H2,1-3H3,(H2,23,26)(H,24,25)/t13-,14+/m1/s1. The summed E-state index contributed by atoms with van der Waals surface area (Å²) < 4.78 is 5.60. The predicted molar refractivity (Wildman–Crippen MR) is 113 cm³/mol. The Bertz CT molecular complexity index is 857. The molecular weight excluding hydrogens is 372 g/mol. The molecule has 1 heterocycles. The van der Waals surface area contributed by atoms with E-state index in [0.717, 1.165) is 36.1 Å². The second-order valence-electron chi connectivity index (χ2n) is 7.64. The molecule has 1 aromatic carbocycles. The van der Waals surface area contributed by atoms with Crippen LogP contribution in [0.3, 0.4) is 0 Å². The van der Waals surface area contributed by atoms with Crippen molar-refractivity contribution < 1.29 is 14.3 Å². The Morgan fingerprint density at radius 1 is 1.32 bits per heavy atom. The van der Waals surface area contributed by atoms with Gasteiger partial charge in [0.15, 0.2) is 6.61 Å². The Labute approximate surface area is 170 Å². The van der Waals surface area contributed by atoms with Gasteiger partial charge < -0.3 is 15.8 Å². The molecule has 2 atom stereocenters. The van der Waals surface area contributed by atoms with Crippen LogP contribution in [0.25, 0.3) is 0 Å². The summed E-state index contributed by atoms with van der Waals surface area (Å²) in [5, 5.41) is 3.38. The van der Waals surface area contributed by atoms with Crippen molar-refractivity contribution in [3.8, 4) is 5.75 Å². The average molecular weight is 401 g/mol. The van der Waals surface area contributed by atoms with Gasteiger partial charge in [-0.1, -0.05) is 32.9 Å². The van der Waals surface area contributed by atoms with Crippen molar-refractivity contribution in [3.63, 3.8) is 0 Å². The fourth-order valence-electron chi connectivity index (χ4n) is 3.54. The number of primary amides is 1. The molecule has 6 heteroatoms. The Kier molecular flexibility index (Phi) is 6.39. The van der Waals surface area contributed by atoms with E-state index in [1.165, 1.54) is 16.9 Å². The van der Waals surface area contributed by atoms with Crippen LogP contribution in [0.4, 0.5) is 5.00 Å². The lowest BCUT2D eigenvalue weighted by molar-refractivity contribution is -0.118. The fourth-order valence-corrected chi connectivity index (χ4v) is 4.97. The molecule has 0 saturated heterocycles. The van der Waals surface area contributed by atoms with E-state index in [1.54, 1.807) is 0 Å². The Balaban J connectivity index is 1.64. The fraction of sp³-hybridized carbons (Fsp3) is 0.455. The van der Waals surface area contributed by atoms with Crippen LogP contribution < -0.4 is 15.8 Å². The van der Waals surface area contributed by atoms with E-state index < -0.39 is 5.91 Å². The molecule has 3 rings (SSSR count). The molecular formula is C22H28N2O3S. The number of hydrogen-bond acceptors (Lipinski definition) is 4. The third-order valence-corrected chi connectivity index (χ3v) is 6.61. The number of nitrogens with two attached hydrogens (primary N) is 1. The van der Waals surface area contributed by atoms with Crippen molar-refractivity contribution in [2.45, 2.75) is 52.4 Å². The lowest BCUT2D eigenvalue weighted by Crippen LogP contribution is -2.22. The van der Waals surface area contributed by atoms with Crippen LogP contribution in [-0.4, -0.2) is 18.4 Å². The van der Waals surface area contributed by atoms with Crippen LogP contribution in [0.15, 0.2) is 24.3 Å². The zero-order valence-corrected chi connectivity index (χ0v) is 17.5. The number of hydrogen-bond donors (Lipinski definition) is 2. The number of rotatable bonds is 7. The van der Waals surface area contributed by atoms with Gasteiger partial charge in [0.05, 0.1) is 5.56 Å². The summed E-state index contributed by atoms with van der Waals surface area (Å²) in [5.41, 5.74) is 8.32. The van der Waals surface area contributed by atoms with E-state index in [9.17, 15) is 9.59 Å². The highest BCUT2D eigenvalue weighted by atomic mass is 32.1. The topological polar surface area (TPSA) is 81.4 Å². The first-order valence-corrected chi connectivity index (χ1v) is 10.7. The number of nitrogens with one attached hydrogen (secondary N) is 1. The number of carbonyl (C=O) groups excluding carboxylic acids is 2. The second-order valence-corrected chi connectivity index (χ2v) is 8.74. The molecule has 3 N–H and O–H groups in total. The maximum Gasteiger partial charge on any atom is 0.262 e. The van der Waals surface area contributed by atoms with Gasteiger partial charge in [-0.25, -0.2) is 0 Å². The number of carbonyl (C=O) groups is 2. The summed E-state index contributed by atoms with van der Waals surface area (Å²) in [4.78, 5) is 25.5. The zero-order chi connectivity index (χ0) is 20.3. The molecule has 1 aliphatic carbocycles. The molecule has 0 spiro atoms. The minimum atomic E-state index is -0.482. The van der Waals surface area contributed by atoms with Crippen molar-refractivity contribution in [2.24, 2.45) is 11.7 Å². The first kappa shape index (κ1) is 20.4. The van der Waals surface area contributed by atoms with E-state index in [0.29, 0.717) is 28.1 Å². The van der Waals surface area contributed by atoms with Crippen LogP contribution in [0.5, 0.6) is 5.75 Å². The molecule has 5 nitrogen and oxygen atoms in total. The normalized spacial score (nSPS) is 16.9. The predicted octanol–water partition coefficient (Wildman–Crippen LogP) is 4.50. The third kappa shape index (κ3) is 4.55. The summed E-state index contributed by atoms with van der Waals surface area (Å²) in [6.07, 6.45) is 3.87. The quantitative estimate of drug-likeness (QED) is 0.718. The molecule has 0 saturated carbocycles. The van der Waals surface area contributed by atoms with E-state index in [4.69, 9.17) is 10.5 Å². The summed E-state index contributed by atoms with van der Waals surface area (Å²) in [6.45, 7) is 6.43.